The van der Waals surface area contributed by atoms with Crippen molar-refractivity contribution in [3.63, 3.8) is 0 Å². The van der Waals surface area contributed by atoms with Crippen LogP contribution in [0, 0.1) is 19.8 Å². The van der Waals surface area contributed by atoms with Crippen LogP contribution in [0.4, 0.5) is 0 Å². The summed E-state index contributed by atoms with van der Waals surface area (Å²) in [5.41, 5.74) is 4.29. The minimum atomic E-state index is 0.648. The fraction of sp³-hybridized carbons (Fsp3) is 0.625. The van der Waals surface area contributed by atoms with Crippen LogP contribution in [0.3, 0.4) is 0 Å². The fourth-order valence-corrected chi connectivity index (χ4v) is 2.24. The molecule has 0 aliphatic heterocycles. The molecule has 0 aliphatic carbocycles. The van der Waals surface area contributed by atoms with Crippen LogP contribution >= 0.6 is 0 Å². The summed E-state index contributed by atoms with van der Waals surface area (Å²) in [5.74, 6) is 1.39. The zero-order valence-electron chi connectivity index (χ0n) is 12.0. The van der Waals surface area contributed by atoms with E-state index in [-0.39, 0.29) is 0 Å². The standard InChI is InChI=1S/C16H27N/c1-12(2)11-17-9-8-14(4)16-7-6-13(3)10-15(16)5/h6-7,10,12,14,17H,8-9,11H2,1-5H3. The van der Waals surface area contributed by atoms with Crippen molar-refractivity contribution < 1.29 is 0 Å². The lowest BCUT2D eigenvalue weighted by Crippen LogP contribution is -2.21. The second kappa shape index (κ2) is 6.80. The third-order valence-electron chi connectivity index (χ3n) is 3.26. The van der Waals surface area contributed by atoms with E-state index < -0.39 is 0 Å². The Balaban J connectivity index is 2.44. The third kappa shape index (κ3) is 4.91. The van der Waals surface area contributed by atoms with Crippen molar-refractivity contribution >= 4 is 0 Å². The molecule has 0 aliphatic rings. The minimum Gasteiger partial charge on any atom is -0.316 e. The monoisotopic (exact) mass is 233 g/mol. The molecule has 0 heterocycles. The summed E-state index contributed by atoms with van der Waals surface area (Å²) in [7, 11) is 0. The van der Waals surface area contributed by atoms with Gasteiger partial charge in [-0.15, -0.1) is 0 Å². The van der Waals surface area contributed by atoms with Gasteiger partial charge in [0.05, 0.1) is 0 Å². The maximum absolute atomic E-state index is 3.52. The number of rotatable bonds is 6. The molecule has 1 aromatic carbocycles. The molecule has 0 fully saturated rings. The van der Waals surface area contributed by atoms with E-state index in [0.717, 1.165) is 19.0 Å². The Hall–Kier alpha value is -0.820. The molecule has 0 amide bonds. The first kappa shape index (κ1) is 14.2. The van der Waals surface area contributed by atoms with Crippen LogP contribution in [0.1, 0.15) is 49.8 Å². The zero-order chi connectivity index (χ0) is 12.8. The molecule has 1 rings (SSSR count). The van der Waals surface area contributed by atoms with Crippen LogP contribution in [0.2, 0.25) is 0 Å². The van der Waals surface area contributed by atoms with Crippen LogP contribution in [-0.4, -0.2) is 13.1 Å². The van der Waals surface area contributed by atoms with Gasteiger partial charge in [-0.2, -0.15) is 0 Å². The van der Waals surface area contributed by atoms with Crippen molar-refractivity contribution in [2.75, 3.05) is 13.1 Å². The lowest BCUT2D eigenvalue weighted by Gasteiger charge is -2.16. The number of hydrogen-bond donors (Lipinski definition) is 1. The van der Waals surface area contributed by atoms with E-state index in [0.29, 0.717) is 5.92 Å². The molecule has 1 unspecified atom stereocenters. The van der Waals surface area contributed by atoms with Gasteiger partial charge in [-0.1, -0.05) is 44.5 Å². The summed E-state index contributed by atoms with van der Waals surface area (Å²) in [6.07, 6.45) is 1.22. The Morgan fingerprint density at radius 1 is 1.12 bits per heavy atom. The largest absolute Gasteiger partial charge is 0.316 e. The molecule has 17 heavy (non-hydrogen) atoms. The molecule has 0 radical (unpaired) electrons. The van der Waals surface area contributed by atoms with Gasteiger partial charge in [-0.3, -0.25) is 0 Å². The van der Waals surface area contributed by atoms with Crippen molar-refractivity contribution in [1.82, 2.24) is 5.32 Å². The van der Waals surface area contributed by atoms with E-state index in [1.54, 1.807) is 0 Å². The third-order valence-corrected chi connectivity index (χ3v) is 3.26. The van der Waals surface area contributed by atoms with Gasteiger partial charge >= 0.3 is 0 Å². The Morgan fingerprint density at radius 2 is 1.82 bits per heavy atom. The minimum absolute atomic E-state index is 0.648. The first-order valence-electron chi connectivity index (χ1n) is 6.78. The van der Waals surface area contributed by atoms with Crippen LogP contribution in [0.5, 0.6) is 0 Å². The Labute approximate surface area is 107 Å². The Bertz CT molecular complexity index is 341. The zero-order valence-corrected chi connectivity index (χ0v) is 12.0. The number of aryl methyl sites for hydroxylation is 2. The first-order valence-corrected chi connectivity index (χ1v) is 6.78. The van der Waals surface area contributed by atoms with E-state index >= 15 is 0 Å². The van der Waals surface area contributed by atoms with Gasteiger partial charge in [0.2, 0.25) is 0 Å². The summed E-state index contributed by atoms with van der Waals surface area (Å²) >= 11 is 0. The van der Waals surface area contributed by atoms with Gasteiger partial charge in [0.1, 0.15) is 0 Å². The van der Waals surface area contributed by atoms with Crippen molar-refractivity contribution in [3.8, 4) is 0 Å². The highest BCUT2D eigenvalue weighted by molar-refractivity contribution is 5.32. The van der Waals surface area contributed by atoms with E-state index in [1.165, 1.54) is 23.1 Å². The lowest BCUT2D eigenvalue weighted by molar-refractivity contribution is 0.524. The number of benzene rings is 1. The van der Waals surface area contributed by atoms with E-state index in [1.807, 2.05) is 0 Å². The van der Waals surface area contributed by atoms with E-state index in [9.17, 15) is 0 Å². The number of nitrogens with one attached hydrogen (secondary N) is 1. The van der Waals surface area contributed by atoms with E-state index in [2.05, 4.69) is 58.1 Å². The molecule has 0 saturated heterocycles. The first-order chi connectivity index (χ1) is 8.00. The molecular weight excluding hydrogens is 206 g/mol. The molecule has 1 nitrogen and oxygen atoms in total. The summed E-state index contributed by atoms with van der Waals surface area (Å²) in [5, 5.41) is 3.52. The van der Waals surface area contributed by atoms with Crippen molar-refractivity contribution in [3.05, 3.63) is 34.9 Å². The molecule has 1 N–H and O–H groups in total. The molecule has 1 heteroatoms. The van der Waals surface area contributed by atoms with Crippen LogP contribution in [0.25, 0.3) is 0 Å². The number of hydrogen-bond acceptors (Lipinski definition) is 1. The molecule has 0 saturated carbocycles. The quantitative estimate of drug-likeness (QED) is 0.731. The van der Waals surface area contributed by atoms with Crippen LogP contribution in [-0.2, 0) is 0 Å². The maximum Gasteiger partial charge on any atom is -0.00258 e. The van der Waals surface area contributed by atoms with Crippen molar-refractivity contribution in [2.45, 2.75) is 47.0 Å². The highest BCUT2D eigenvalue weighted by Gasteiger charge is 2.08. The van der Waals surface area contributed by atoms with Crippen molar-refractivity contribution in [1.29, 1.82) is 0 Å². The molecular formula is C16H27N. The smallest absolute Gasteiger partial charge is 0.00258 e. The van der Waals surface area contributed by atoms with Gasteiger partial charge in [0, 0.05) is 0 Å². The predicted octanol–water partition coefficient (Wildman–Crippen LogP) is 4.04. The topological polar surface area (TPSA) is 12.0 Å². The Kier molecular flexibility index (Phi) is 5.70. The molecule has 0 aromatic heterocycles. The second-order valence-electron chi connectivity index (χ2n) is 5.65. The maximum atomic E-state index is 3.52. The molecule has 1 atom stereocenters. The van der Waals surface area contributed by atoms with E-state index in [4.69, 9.17) is 0 Å². The fourth-order valence-electron chi connectivity index (χ4n) is 2.24. The lowest BCUT2D eigenvalue weighted by atomic mass is 9.92. The van der Waals surface area contributed by atoms with Crippen LogP contribution < -0.4 is 5.32 Å². The van der Waals surface area contributed by atoms with Gasteiger partial charge in [-0.05, 0) is 56.3 Å². The molecule has 0 bridgehead atoms. The summed E-state index contributed by atoms with van der Waals surface area (Å²) < 4.78 is 0. The van der Waals surface area contributed by atoms with Crippen molar-refractivity contribution in [2.24, 2.45) is 5.92 Å². The summed E-state index contributed by atoms with van der Waals surface area (Å²) in [6.45, 7) is 13.5. The highest BCUT2D eigenvalue weighted by atomic mass is 14.8. The Morgan fingerprint density at radius 3 is 2.41 bits per heavy atom. The molecule has 0 spiro atoms. The van der Waals surface area contributed by atoms with Gasteiger partial charge in [0.15, 0.2) is 0 Å². The van der Waals surface area contributed by atoms with Crippen LogP contribution in [0.15, 0.2) is 18.2 Å². The van der Waals surface area contributed by atoms with Gasteiger partial charge in [-0.25, -0.2) is 0 Å². The second-order valence-corrected chi connectivity index (χ2v) is 5.65. The SMILES string of the molecule is Cc1ccc(C(C)CCNCC(C)C)c(C)c1. The average Bonchev–Trinajstić information content (AvgIpc) is 2.23. The van der Waals surface area contributed by atoms with Gasteiger partial charge in [0.25, 0.3) is 0 Å². The highest BCUT2D eigenvalue weighted by Crippen LogP contribution is 2.22. The molecule has 96 valence electrons. The summed E-state index contributed by atoms with van der Waals surface area (Å²) in [6, 6.07) is 6.80. The predicted molar refractivity (Wildman–Crippen MR) is 76.7 cm³/mol. The summed E-state index contributed by atoms with van der Waals surface area (Å²) in [4.78, 5) is 0. The normalized spacial score (nSPS) is 13.1. The average molecular weight is 233 g/mol. The molecule has 1 aromatic rings. The van der Waals surface area contributed by atoms with Gasteiger partial charge < -0.3 is 5.32 Å².